The highest BCUT2D eigenvalue weighted by Crippen LogP contribution is 2.24. The summed E-state index contributed by atoms with van der Waals surface area (Å²) in [6, 6.07) is 14.7. The van der Waals surface area contributed by atoms with Crippen molar-refractivity contribution in [3.63, 3.8) is 0 Å². The normalized spacial score (nSPS) is 11.9. The number of nitrogens with zero attached hydrogens (tertiary/aromatic N) is 1. The highest BCUT2D eigenvalue weighted by molar-refractivity contribution is 7.99. The summed E-state index contributed by atoms with van der Waals surface area (Å²) in [5.74, 6) is 1.13. The van der Waals surface area contributed by atoms with Crippen LogP contribution < -0.4 is 5.32 Å². The van der Waals surface area contributed by atoms with E-state index in [1.807, 2.05) is 51.1 Å². The number of benzene rings is 2. The van der Waals surface area contributed by atoms with Gasteiger partial charge in [0.2, 0.25) is 11.8 Å². The second kappa shape index (κ2) is 13.0. The minimum Gasteiger partial charge on any atom is -0.354 e. The van der Waals surface area contributed by atoms with E-state index in [4.69, 9.17) is 23.2 Å². The molecule has 0 saturated heterocycles. The fourth-order valence-corrected chi connectivity index (χ4v) is 4.43. The van der Waals surface area contributed by atoms with Crippen molar-refractivity contribution in [1.29, 1.82) is 0 Å². The van der Waals surface area contributed by atoms with Crippen molar-refractivity contribution in [2.45, 2.75) is 45.5 Å². The SMILES string of the molecule is CC[C@@H](C(=O)NCC(C)C)N(Cc1ccc(Cl)cc1Cl)C(=O)CSCc1ccccc1. The molecule has 0 bridgehead atoms. The fourth-order valence-electron chi connectivity index (χ4n) is 3.09. The molecule has 0 heterocycles. The first-order valence-corrected chi connectivity index (χ1v) is 12.4. The van der Waals surface area contributed by atoms with E-state index < -0.39 is 6.04 Å². The van der Waals surface area contributed by atoms with E-state index in [9.17, 15) is 9.59 Å². The average Bonchev–Trinajstić information content (AvgIpc) is 2.74. The quantitative estimate of drug-likeness (QED) is 0.441. The van der Waals surface area contributed by atoms with E-state index in [2.05, 4.69) is 5.32 Å². The molecule has 2 aromatic carbocycles. The number of nitrogens with one attached hydrogen (secondary N) is 1. The number of rotatable bonds is 11. The molecule has 31 heavy (non-hydrogen) atoms. The van der Waals surface area contributed by atoms with Crippen LogP contribution in [0.1, 0.15) is 38.3 Å². The molecule has 4 nitrogen and oxygen atoms in total. The number of carbonyl (C=O) groups excluding carboxylic acids is 2. The van der Waals surface area contributed by atoms with Gasteiger partial charge in [-0.1, -0.05) is 80.4 Å². The Hall–Kier alpha value is -1.69. The number of thioether (sulfide) groups is 1. The van der Waals surface area contributed by atoms with Crippen molar-refractivity contribution in [2.24, 2.45) is 5.92 Å². The molecule has 1 atom stereocenters. The molecule has 0 fully saturated rings. The van der Waals surface area contributed by atoms with Crippen LogP contribution in [0.2, 0.25) is 10.0 Å². The largest absolute Gasteiger partial charge is 0.354 e. The molecule has 0 aliphatic carbocycles. The Labute approximate surface area is 199 Å². The van der Waals surface area contributed by atoms with E-state index in [0.717, 1.165) is 16.9 Å². The van der Waals surface area contributed by atoms with Crippen LogP contribution in [0.5, 0.6) is 0 Å². The third-order valence-electron chi connectivity index (χ3n) is 4.76. The topological polar surface area (TPSA) is 49.4 Å². The second-order valence-corrected chi connectivity index (χ2v) is 9.63. The molecule has 0 aliphatic rings. The van der Waals surface area contributed by atoms with Crippen LogP contribution in [0.4, 0.5) is 0 Å². The molecule has 0 spiro atoms. The summed E-state index contributed by atoms with van der Waals surface area (Å²) in [6.07, 6.45) is 0.518. The molecule has 2 rings (SSSR count). The first-order valence-electron chi connectivity index (χ1n) is 10.4. The molecule has 2 amide bonds. The van der Waals surface area contributed by atoms with Gasteiger partial charge in [0.1, 0.15) is 6.04 Å². The Bertz CT molecular complexity index is 862. The lowest BCUT2D eigenvalue weighted by Gasteiger charge is -2.31. The summed E-state index contributed by atoms with van der Waals surface area (Å²) in [6.45, 7) is 6.83. The van der Waals surface area contributed by atoms with Crippen molar-refractivity contribution < 1.29 is 9.59 Å². The van der Waals surface area contributed by atoms with Gasteiger partial charge in [0.25, 0.3) is 0 Å². The number of amides is 2. The molecule has 7 heteroatoms. The first kappa shape index (κ1) is 25.6. The van der Waals surface area contributed by atoms with Crippen molar-refractivity contribution in [1.82, 2.24) is 10.2 Å². The van der Waals surface area contributed by atoms with Gasteiger partial charge in [-0.3, -0.25) is 9.59 Å². The first-order chi connectivity index (χ1) is 14.8. The summed E-state index contributed by atoms with van der Waals surface area (Å²) in [4.78, 5) is 27.7. The summed E-state index contributed by atoms with van der Waals surface area (Å²) in [5, 5.41) is 3.99. The van der Waals surface area contributed by atoms with Gasteiger partial charge in [-0.25, -0.2) is 0 Å². The maximum Gasteiger partial charge on any atom is 0.242 e. The number of carbonyl (C=O) groups is 2. The van der Waals surface area contributed by atoms with Crippen molar-refractivity contribution in [2.75, 3.05) is 12.3 Å². The zero-order valence-electron chi connectivity index (χ0n) is 18.2. The van der Waals surface area contributed by atoms with Gasteiger partial charge >= 0.3 is 0 Å². The van der Waals surface area contributed by atoms with Crippen LogP contribution >= 0.6 is 35.0 Å². The van der Waals surface area contributed by atoms with Gasteiger partial charge in [0.15, 0.2) is 0 Å². The van der Waals surface area contributed by atoms with E-state index >= 15 is 0 Å². The van der Waals surface area contributed by atoms with Gasteiger partial charge in [0, 0.05) is 28.9 Å². The standard InChI is InChI=1S/C24H30Cl2N2O2S/c1-4-22(24(30)27-13-17(2)3)28(14-19-10-11-20(25)12-21(19)26)23(29)16-31-15-18-8-6-5-7-9-18/h5-12,17,22H,4,13-16H2,1-3H3,(H,27,30)/t22-/m0/s1. The van der Waals surface area contributed by atoms with Crippen LogP contribution in [-0.2, 0) is 21.9 Å². The van der Waals surface area contributed by atoms with Crippen LogP contribution in [0.25, 0.3) is 0 Å². The minimum absolute atomic E-state index is 0.0847. The molecule has 0 unspecified atom stereocenters. The van der Waals surface area contributed by atoms with Crippen molar-refractivity contribution in [3.8, 4) is 0 Å². The molecule has 0 aromatic heterocycles. The molecule has 0 radical (unpaired) electrons. The summed E-state index contributed by atoms with van der Waals surface area (Å²) < 4.78 is 0. The number of hydrogen-bond acceptors (Lipinski definition) is 3. The van der Waals surface area contributed by atoms with Crippen LogP contribution in [0, 0.1) is 5.92 Å². The van der Waals surface area contributed by atoms with Gasteiger partial charge < -0.3 is 10.2 Å². The van der Waals surface area contributed by atoms with Gasteiger partial charge in [-0.2, -0.15) is 0 Å². The zero-order chi connectivity index (χ0) is 22.8. The number of halogens is 2. The Kier molecular flexibility index (Phi) is 10.7. The lowest BCUT2D eigenvalue weighted by molar-refractivity contribution is -0.139. The summed E-state index contributed by atoms with van der Waals surface area (Å²) in [7, 11) is 0. The fraction of sp³-hybridized carbons (Fsp3) is 0.417. The lowest BCUT2D eigenvalue weighted by Crippen LogP contribution is -2.50. The van der Waals surface area contributed by atoms with Crippen LogP contribution in [0.3, 0.4) is 0 Å². The third kappa shape index (κ3) is 8.40. The lowest BCUT2D eigenvalue weighted by atomic mass is 10.1. The Morgan fingerprint density at radius 2 is 1.81 bits per heavy atom. The van der Waals surface area contributed by atoms with Crippen LogP contribution in [0.15, 0.2) is 48.5 Å². The molecule has 1 N–H and O–H groups in total. The summed E-state index contributed by atoms with van der Waals surface area (Å²) in [5.41, 5.74) is 1.93. The third-order valence-corrected chi connectivity index (χ3v) is 6.34. The molecular weight excluding hydrogens is 451 g/mol. The van der Waals surface area contributed by atoms with Gasteiger partial charge in [-0.15, -0.1) is 11.8 Å². The Morgan fingerprint density at radius 1 is 1.10 bits per heavy atom. The second-order valence-electron chi connectivity index (χ2n) is 7.80. The molecule has 2 aromatic rings. The average molecular weight is 481 g/mol. The maximum absolute atomic E-state index is 13.2. The van der Waals surface area contributed by atoms with Gasteiger partial charge in [-0.05, 0) is 35.6 Å². The van der Waals surface area contributed by atoms with E-state index in [1.54, 1.807) is 34.9 Å². The van der Waals surface area contributed by atoms with E-state index in [0.29, 0.717) is 28.9 Å². The van der Waals surface area contributed by atoms with Crippen molar-refractivity contribution in [3.05, 3.63) is 69.7 Å². The highest BCUT2D eigenvalue weighted by atomic mass is 35.5. The minimum atomic E-state index is -0.560. The smallest absolute Gasteiger partial charge is 0.242 e. The highest BCUT2D eigenvalue weighted by Gasteiger charge is 2.29. The summed E-state index contributed by atoms with van der Waals surface area (Å²) >= 11 is 13.9. The van der Waals surface area contributed by atoms with E-state index in [-0.39, 0.29) is 24.1 Å². The molecular formula is C24H30Cl2N2O2S. The van der Waals surface area contributed by atoms with Gasteiger partial charge in [0.05, 0.1) is 5.75 Å². The molecule has 0 aliphatic heterocycles. The Morgan fingerprint density at radius 3 is 2.42 bits per heavy atom. The predicted octanol–water partition coefficient (Wildman–Crippen LogP) is 5.81. The monoisotopic (exact) mass is 480 g/mol. The van der Waals surface area contributed by atoms with E-state index in [1.165, 1.54) is 0 Å². The van der Waals surface area contributed by atoms with Crippen molar-refractivity contribution >= 4 is 46.8 Å². The maximum atomic E-state index is 13.2. The van der Waals surface area contributed by atoms with Crippen LogP contribution in [-0.4, -0.2) is 35.1 Å². The molecule has 0 saturated carbocycles. The zero-order valence-corrected chi connectivity index (χ0v) is 20.6. The number of hydrogen-bond donors (Lipinski definition) is 1. The predicted molar refractivity (Wildman–Crippen MR) is 132 cm³/mol. The molecule has 168 valence electrons. The Balaban J connectivity index is 2.16.